The molecule has 0 aliphatic heterocycles. The number of hydrogen-bond acceptors (Lipinski definition) is 0. The monoisotopic (exact) mass is 212 g/mol. The average molecular weight is 213 g/mol. The molecule has 0 saturated heterocycles. The molecular weight excluding hydrogens is 208 g/mol. The zero-order valence-electron chi connectivity index (χ0n) is 6.33. The van der Waals surface area contributed by atoms with Gasteiger partial charge in [0.1, 0.15) is 11.6 Å². The van der Waals surface area contributed by atoms with Crippen molar-refractivity contribution in [2.24, 2.45) is 0 Å². The van der Waals surface area contributed by atoms with Gasteiger partial charge in [-0.05, 0) is 6.07 Å². The minimum atomic E-state index is -3.16. The molecule has 0 atom stereocenters. The lowest BCUT2D eigenvalue weighted by Gasteiger charge is -2.06. The molecule has 0 aromatic heterocycles. The van der Waals surface area contributed by atoms with Crippen LogP contribution in [-0.4, -0.2) is 0 Å². The third-order valence-corrected chi connectivity index (χ3v) is 1.86. The molecule has 0 fully saturated rings. The molecule has 1 aromatic carbocycles. The molecule has 0 nitrogen and oxygen atoms in total. The Morgan fingerprint density at radius 1 is 1.23 bits per heavy atom. The first-order valence-electron chi connectivity index (χ1n) is 3.38. The maximum Gasteiger partial charge on any atom is 0.269 e. The summed E-state index contributed by atoms with van der Waals surface area (Å²) in [6.07, 6.45) is -3.16. The number of hydrogen-bond donors (Lipinski definition) is 0. The quantitative estimate of drug-likeness (QED) is 0.519. The van der Waals surface area contributed by atoms with Crippen LogP contribution in [0, 0.1) is 11.6 Å². The van der Waals surface area contributed by atoms with Crippen LogP contribution in [0.15, 0.2) is 12.1 Å². The largest absolute Gasteiger partial charge is 0.269 e. The molecule has 0 saturated carbocycles. The Hall–Kier alpha value is -0.770. The molecule has 0 heterocycles. The van der Waals surface area contributed by atoms with E-state index in [2.05, 4.69) is 0 Å². The smallest absolute Gasteiger partial charge is 0.206 e. The third kappa shape index (κ3) is 1.94. The summed E-state index contributed by atoms with van der Waals surface area (Å²) in [7, 11) is 0. The minimum Gasteiger partial charge on any atom is -0.206 e. The highest BCUT2D eigenvalue weighted by Gasteiger charge is 2.20. The maximum atomic E-state index is 13.0. The average Bonchev–Trinajstić information content (AvgIpc) is 2.04. The standard InChI is InChI=1S/C8H5ClF4/c9-3-4-1-2-5(10)6(7(4)11)8(12)13/h1-2,8H,3H2. The molecule has 0 amide bonds. The van der Waals surface area contributed by atoms with Crippen molar-refractivity contribution in [1.82, 2.24) is 0 Å². The number of halogens is 5. The van der Waals surface area contributed by atoms with Gasteiger partial charge in [-0.2, -0.15) is 0 Å². The Kier molecular flexibility index (Phi) is 3.14. The lowest BCUT2D eigenvalue weighted by atomic mass is 10.1. The first-order valence-corrected chi connectivity index (χ1v) is 3.92. The van der Waals surface area contributed by atoms with Gasteiger partial charge in [0.05, 0.1) is 11.4 Å². The van der Waals surface area contributed by atoms with E-state index in [1.54, 1.807) is 0 Å². The van der Waals surface area contributed by atoms with Gasteiger partial charge in [0.15, 0.2) is 0 Å². The fourth-order valence-corrected chi connectivity index (χ4v) is 1.12. The van der Waals surface area contributed by atoms with Crippen molar-refractivity contribution < 1.29 is 17.6 Å². The van der Waals surface area contributed by atoms with Crippen LogP contribution in [0.4, 0.5) is 17.6 Å². The second kappa shape index (κ2) is 3.96. The van der Waals surface area contributed by atoms with Crippen LogP contribution in [0.5, 0.6) is 0 Å². The predicted molar refractivity (Wildman–Crippen MR) is 40.9 cm³/mol. The summed E-state index contributed by atoms with van der Waals surface area (Å²) >= 11 is 5.25. The topological polar surface area (TPSA) is 0 Å². The minimum absolute atomic E-state index is 0.127. The molecule has 72 valence electrons. The fourth-order valence-electron chi connectivity index (χ4n) is 0.918. The Morgan fingerprint density at radius 3 is 2.31 bits per heavy atom. The summed E-state index contributed by atoms with van der Waals surface area (Å²) < 4.78 is 49.8. The number of alkyl halides is 3. The number of rotatable bonds is 2. The normalized spacial score (nSPS) is 10.9. The van der Waals surface area contributed by atoms with E-state index in [-0.39, 0.29) is 11.4 Å². The Bertz CT molecular complexity index is 311. The third-order valence-electron chi connectivity index (χ3n) is 1.57. The van der Waals surface area contributed by atoms with Crippen LogP contribution in [0.25, 0.3) is 0 Å². The van der Waals surface area contributed by atoms with Crippen molar-refractivity contribution in [3.05, 3.63) is 34.9 Å². The van der Waals surface area contributed by atoms with Gasteiger partial charge < -0.3 is 0 Å². The van der Waals surface area contributed by atoms with Crippen LogP contribution in [0.2, 0.25) is 0 Å². The predicted octanol–water partition coefficient (Wildman–Crippen LogP) is 3.64. The number of benzene rings is 1. The van der Waals surface area contributed by atoms with Gasteiger partial charge >= 0.3 is 0 Å². The van der Waals surface area contributed by atoms with E-state index in [9.17, 15) is 17.6 Å². The molecule has 1 aromatic rings. The molecule has 0 radical (unpaired) electrons. The first kappa shape index (κ1) is 10.3. The molecule has 0 spiro atoms. The highest BCUT2D eigenvalue weighted by molar-refractivity contribution is 6.17. The summed E-state index contributed by atoms with van der Waals surface area (Å²) in [5.41, 5.74) is -1.34. The van der Waals surface area contributed by atoms with Crippen molar-refractivity contribution in [2.45, 2.75) is 12.3 Å². The van der Waals surface area contributed by atoms with Gasteiger partial charge in [0, 0.05) is 5.56 Å². The summed E-state index contributed by atoms with van der Waals surface area (Å²) in [4.78, 5) is 0. The van der Waals surface area contributed by atoms with Crippen LogP contribution in [0.1, 0.15) is 17.6 Å². The van der Waals surface area contributed by atoms with Crippen molar-refractivity contribution in [1.29, 1.82) is 0 Å². The molecule has 13 heavy (non-hydrogen) atoms. The van der Waals surface area contributed by atoms with E-state index in [0.29, 0.717) is 0 Å². The fraction of sp³-hybridized carbons (Fsp3) is 0.250. The van der Waals surface area contributed by atoms with Crippen LogP contribution >= 0.6 is 11.6 Å². The highest BCUT2D eigenvalue weighted by atomic mass is 35.5. The lowest BCUT2D eigenvalue weighted by molar-refractivity contribution is 0.140. The highest BCUT2D eigenvalue weighted by Crippen LogP contribution is 2.27. The Labute approximate surface area is 77.1 Å². The molecule has 0 aliphatic carbocycles. The van der Waals surface area contributed by atoms with Gasteiger partial charge in [-0.25, -0.2) is 17.6 Å². The lowest BCUT2D eigenvalue weighted by Crippen LogP contribution is -1.99. The van der Waals surface area contributed by atoms with Crippen LogP contribution in [0.3, 0.4) is 0 Å². The molecule has 0 bridgehead atoms. The van der Waals surface area contributed by atoms with Crippen LogP contribution < -0.4 is 0 Å². The van der Waals surface area contributed by atoms with Crippen molar-refractivity contribution in [3.8, 4) is 0 Å². The Morgan fingerprint density at radius 2 is 1.85 bits per heavy atom. The van der Waals surface area contributed by atoms with Crippen molar-refractivity contribution in [3.63, 3.8) is 0 Å². The van der Waals surface area contributed by atoms with Crippen molar-refractivity contribution >= 4 is 11.6 Å². The van der Waals surface area contributed by atoms with E-state index in [0.717, 1.165) is 12.1 Å². The van der Waals surface area contributed by atoms with E-state index in [1.165, 1.54) is 0 Å². The van der Waals surface area contributed by atoms with Gasteiger partial charge in [-0.1, -0.05) is 6.07 Å². The van der Waals surface area contributed by atoms with Gasteiger partial charge in [-0.15, -0.1) is 11.6 Å². The van der Waals surface area contributed by atoms with Gasteiger partial charge in [0.2, 0.25) is 0 Å². The van der Waals surface area contributed by atoms with Crippen LogP contribution in [-0.2, 0) is 5.88 Å². The van der Waals surface area contributed by atoms with E-state index < -0.39 is 23.6 Å². The van der Waals surface area contributed by atoms with Gasteiger partial charge in [0.25, 0.3) is 6.43 Å². The molecule has 0 N–H and O–H groups in total. The second-order valence-electron chi connectivity index (χ2n) is 2.37. The first-order chi connectivity index (χ1) is 6.07. The molecule has 0 aliphatic rings. The maximum absolute atomic E-state index is 13.0. The van der Waals surface area contributed by atoms with Gasteiger partial charge in [-0.3, -0.25) is 0 Å². The van der Waals surface area contributed by atoms with E-state index in [1.807, 2.05) is 0 Å². The van der Waals surface area contributed by atoms with E-state index in [4.69, 9.17) is 11.6 Å². The van der Waals surface area contributed by atoms with E-state index >= 15 is 0 Å². The second-order valence-corrected chi connectivity index (χ2v) is 2.64. The zero-order chi connectivity index (χ0) is 10.0. The van der Waals surface area contributed by atoms with Crippen molar-refractivity contribution in [2.75, 3.05) is 0 Å². The SMILES string of the molecule is Fc1ccc(CCl)c(F)c1C(F)F. The summed E-state index contributed by atoms with van der Waals surface area (Å²) in [6.45, 7) is 0. The molecule has 0 unspecified atom stereocenters. The Balaban J connectivity index is 3.30. The molecule has 5 heteroatoms. The molecule has 1 rings (SSSR count). The summed E-state index contributed by atoms with van der Waals surface area (Å²) in [6, 6.07) is 1.83. The zero-order valence-corrected chi connectivity index (χ0v) is 7.08. The summed E-state index contributed by atoms with van der Waals surface area (Å²) in [5.74, 6) is -2.77. The molecular formula is C8H5ClF4. The summed E-state index contributed by atoms with van der Waals surface area (Å²) in [5, 5.41) is 0.